The number of carbonyl (C=O) groups is 2. The molecule has 34 heavy (non-hydrogen) atoms. The van der Waals surface area contributed by atoms with Gasteiger partial charge in [-0.3, -0.25) is 9.69 Å². The Balaban J connectivity index is 1.51. The van der Waals surface area contributed by atoms with E-state index in [2.05, 4.69) is 28.8 Å². The molecule has 0 aliphatic carbocycles. The number of esters is 1. The molecule has 8 nitrogen and oxygen atoms in total. The zero-order chi connectivity index (χ0) is 24.4. The molecule has 1 aliphatic rings. The summed E-state index contributed by atoms with van der Waals surface area (Å²) >= 11 is 6.04. The number of halogens is 1. The fourth-order valence-corrected chi connectivity index (χ4v) is 4.50. The van der Waals surface area contributed by atoms with Crippen LogP contribution in [0.5, 0.6) is 0 Å². The number of hydrogen-bond donors (Lipinski definition) is 0. The number of piperazine rings is 1. The van der Waals surface area contributed by atoms with Gasteiger partial charge < -0.3 is 9.64 Å². The van der Waals surface area contributed by atoms with E-state index < -0.39 is 6.04 Å². The van der Waals surface area contributed by atoms with E-state index in [-0.39, 0.29) is 17.9 Å². The summed E-state index contributed by atoms with van der Waals surface area (Å²) in [4.78, 5) is 34.7. The monoisotopic (exact) mass is 483 g/mol. The molecule has 1 atom stereocenters. The van der Waals surface area contributed by atoms with Crippen molar-refractivity contribution in [3.05, 3.63) is 58.4 Å². The van der Waals surface area contributed by atoms with Crippen LogP contribution in [0.15, 0.2) is 36.5 Å². The summed E-state index contributed by atoms with van der Waals surface area (Å²) in [6.45, 7) is 10.2. The van der Waals surface area contributed by atoms with Gasteiger partial charge in [0.2, 0.25) is 0 Å². The molecule has 4 rings (SSSR count). The predicted octanol–water partition coefficient (Wildman–Crippen LogP) is 4.04. The Morgan fingerprint density at radius 2 is 1.79 bits per heavy atom. The van der Waals surface area contributed by atoms with Crippen molar-refractivity contribution < 1.29 is 14.3 Å². The lowest BCUT2D eigenvalue weighted by atomic mass is 10.0. The first-order chi connectivity index (χ1) is 16.3. The second-order valence-corrected chi connectivity index (χ2v) is 9.19. The first kappa shape index (κ1) is 24.2. The van der Waals surface area contributed by atoms with Gasteiger partial charge in [0, 0.05) is 42.6 Å². The molecule has 1 aromatic carbocycles. The minimum absolute atomic E-state index is 0.0528. The maximum atomic E-state index is 13.4. The molecular formula is C25H30ClN5O3. The summed E-state index contributed by atoms with van der Waals surface area (Å²) in [6.07, 6.45) is 1.76. The highest BCUT2D eigenvalue weighted by Gasteiger charge is 2.33. The third-order valence-electron chi connectivity index (χ3n) is 6.14. The van der Waals surface area contributed by atoms with E-state index in [9.17, 15) is 9.59 Å². The van der Waals surface area contributed by atoms with Crippen LogP contribution in [0.2, 0.25) is 5.02 Å². The molecule has 0 spiro atoms. The van der Waals surface area contributed by atoms with Crippen LogP contribution >= 0.6 is 11.6 Å². The Labute approximate surface area is 204 Å². The molecule has 2 aromatic heterocycles. The van der Waals surface area contributed by atoms with Crippen molar-refractivity contribution in [2.24, 2.45) is 0 Å². The summed E-state index contributed by atoms with van der Waals surface area (Å²) in [5.74, 6) is -0.347. The van der Waals surface area contributed by atoms with Gasteiger partial charge in [-0.25, -0.2) is 14.5 Å². The molecule has 0 radical (unpaired) electrons. The quantitative estimate of drug-likeness (QED) is 0.492. The maximum absolute atomic E-state index is 13.4. The summed E-state index contributed by atoms with van der Waals surface area (Å²) in [6, 6.07) is 8.79. The smallest absolute Gasteiger partial charge is 0.328 e. The Morgan fingerprint density at radius 3 is 2.41 bits per heavy atom. The molecule has 1 aliphatic heterocycles. The number of fused-ring (bicyclic) bond motifs is 1. The van der Waals surface area contributed by atoms with Crippen molar-refractivity contribution >= 4 is 34.5 Å². The third kappa shape index (κ3) is 4.79. The van der Waals surface area contributed by atoms with E-state index in [0.29, 0.717) is 49.1 Å². The number of ether oxygens (including phenoxy) is 1. The van der Waals surface area contributed by atoms with Gasteiger partial charge in [-0.15, -0.1) is 0 Å². The van der Waals surface area contributed by atoms with Crippen LogP contribution in [0, 0.1) is 6.92 Å². The fraction of sp³-hybridized carbons (Fsp3) is 0.440. The minimum atomic E-state index is -0.531. The lowest BCUT2D eigenvalue weighted by Crippen LogP contribution is -2.51. The highest BCUT2D eigenvalue weighted by molar-refractivity contribution is 6.30. The van der Waals surface area contributed by atoms with Crippen molar-refractivity contribution in [1.82, 2.24) is 24.6 Å². The van der Waals surface area contributed by atoms with Crippen molar-refractivity contribution in [3.8, 4) is 0 Å². The number of amides is 1. The van der Waals surface area contributed by atoms with Gasteiger partial charge >= 0.3 is 5.97 Å². The Kier molecular flexibility index (Phi) is 7.19. The maximum Gasteiger partial charge on any atom is 0.328 e. The standard InChI is InChI=1S/C25H30ClN5O3/c1-5-34-25(33)22(18-6-8-20(26)9-7-18)29-10-12-30(13-11-29)24(32)21-14-19-15-27-31(16(2)3)23(19)28-17(21)4/h6-9,14-16,22H,5,10-13H2,1-4H3/t22-/m0/s1. The summed E-state index contributed by atoms with van der Waals surface area (Å²) in [5, 5.41) is 5.88. The molecule has 0 unspecified atom stereocenters. The third-order valence-corrected chi connectivity index (χ3v) is 6.39. The second kappa shape index (κ2) is 10.1. The van der Waals surface area contributed by atoms with Gasteiger partial charge in [-0.1, -0.05) is 23.7 Å². The topological polar surface area (TPSA) is 80.6 Å². The minimum Gasteiger partial charge on any atom is -0.465 e. The molecule has 0 saturated carbocycles. The lowest BCUT2D eigenvalue weighted by Gasteiger charge is -2.38. The van der Waals surface area contributed by atoms with E-state index in [4.69, 9.17) is 16.3 Å². The number of aromatic nitrogens is 3. The molecule has 0 bridgehead atoms. The lowest BCUT2D eigenvalue weighted by molar-refractivity contribution is -0.150. The van der Waals surface area contributed by atoms with Crippen molar-refractivity contribution in [1.29, 1.82) is 0 Å². The fourth-order valence-electron chi connectivity index (χ4n) is 4.38. The molecule has 0 N–H and O–H groups in total. The zero-order valence-corrected chi connectivity index (χ0v) is 20.7. The van der Waals surface area contributed by atoms with Gasteiger partial charge in [0.15, 0.2) is 5.65 Å². The molecule has 3 heterocycles. The predicted molar refractivity (Wildman–Crippen MR) is 131 cm³/mol. The summed E-state index contributed by atoms with van der Waals surface area (Å²) in [5.41, 5.74) is 2.89. The van der Waals surface area contributed by atoms with Crippen molar-refractivity contribution in [3.63, 3.8) is 0 Å². The average Bonchev–Trinajstić information content (AvgIpc) is 3.23. The Hall–Kier alpha value is -2.97. The van der Waals surface area contributed by atoms with Crippen LogP contribution in [0.25, 0.3) is 11.0 Å². The van der Waals surface area contributed by atoms with Crippen LogP contribution in [0.4, 0.5) is 0 Å². The van der Waals surface area contributed by atoms with Gasteiger partial charge in [0.1, 0.15) is 6.04 Å². The summed E-state index contributed by atoms with van der Waals surface area (Å²) < 4.78 is 7.21. The number of carbonyl (C=O) groups excluding carboxylic acids is 2. The molecule has 1 saturated heterocycles. The van der Waals surface area contributed by atoms with Crippen LogP contribution in [-0.2, 0) is 9.53 Å². The Morgan fingerprint density at radius 1 is 1.12 bits per heavy atom. The number of pyridine rings is 1. The first-order valence-corrected chi connectivity index (χ1v) is 12.0. The van der Waals surface area contributed by atoms with E-state index in [1.54, 1.807) is 25.3 Å². The normalized spacial score (nSPS) is 15.6. The molecule has 1 fully saturated rings. The number of rotatable bonds is 6. The van der Waals surface area contributed by atoms with E-state index in [0.717, 1.165) is 16.6 Å². The van der Waals surface area contributed by atoms with Gasteiger partial charge in [-0.05, 0) is 51.5 Å². The van der Waals surface area contributed by atoms with Crippen molar-refractivity contribution in [2.75, 3.05) is 32.8 Å². The van der Waals surface area contributed by atoms with E-state index in [1.165, 1.54) is 0 Å². The number of benzene rings is 1. The summed E-state index contributed by atoms with van der Waals surface area (Å²) in [7, 11) is 0. The first-order valence-electron chi connectivity index (χ1n) is 11.6. The SMILES string of the molecule is CCOC(=O)[C@H](c1ccc(Cl)cc1)N1CCN(C(=O)c2cc3cnn(C(C)C)c3nc2C)CC1. The molecular weight excluding hydrogens is 454 g/mol. The van der Waals surface area contributed by atoms with Gasteiger partial charge in [0.25, 0.3) is 5.91 Å². The van der Waals surface area contributed by atoms with Crippen LogP contribution in [0.3, 0.4) is 0 Å². The highest BCUT2D eigenvalue weighted by Crippen LogP contribution is 2.26. The van der Waals surface area contributed by atoms with Crippen molar-refractivity contribution in [2.45, 2.75) is 39.8 Å². The van der Waals surface area contributed by atoms with Crippen LogP contribution in [-0.4, -0.2) is 69.2 Å². The van der Waals surface area contributed by atoms with Gasteiger partial charge in [0.05, 0.1) is 24.1 Å². The highest BCUT2D eigenvalue weighted by atomic mass is 35.5. The molecule has 9 heteroatoms. The number of aryl methyl sites for hydroxylation is 1. The van der Waals surface area contributed by atoms with Crippen LogP contribution < -0.4 is 0 Å². The average molecular weight is 484 g/mol. The van der Waals surface area contributed by atoms with E-state index in [1.807, 2.05) is 34.7 Å². The molecule has 180 valence electrons. The largest absolute Gasteiger partial charge is 0.465 e. The van der Waals surface area contributed by atoms with Gasteiger partial charge in [-0.2, -0.15) is 5.10 Å². The van der Waals surface area contributed by atoms with E-state index >= 15 is 0 Å². The van der Waals surface area contributed by atoms with Crippen LogP contribution in [0.1, 0.15) is 54.5 Å². The number of hydrogen-bond acceptors (Lipinski definition) is 6. The second-order valence-electron chi connectivity index (χ2n) is 8.75. The molecule has 3 aromatic rings. The Bertz CT molecular complexity index is 1180. The zero-order valence-electron chi connectivity index (χ0n) is 20.0. The molecule has 1 amide bonds. The number of nitrogens with zero attached hydrogens (tertiary/aromatic N) is 5.